The smallest absolute Gasteiger partial charge is 0.244 e. The summed E-state index contributed by atoms with van der Waals surface area (Å²) >= 11 is 1.79. The Morgan fingerprint density at radius 1 is 1.30 bits per heavy atom. The number of guanidine groups is 1. The van der Waals surface area contributed by atoms with E-state index < -0.39 is 0 Å². The molecule has 0 radical (unpaired) electrons. The third-order valence-electron chi connectivity index (χ3n) is 4.39. The van der Waals surface area contributed by atoms with Gasteiger partial charge in [-0.1, -0.05) is 19.1 Å². The molecule has 1 unspecified atom stereocenters. The molecule has 27 heavy (non-hydrogen) atoms. The largest absolute Gasteiger partial charge is 0.496 e. The number of thioether (sulfide) groups is 1. The standard InChI is InChI=1S/C20H32N4O2S/c1-4-21-20(23-14-19(25)24-11-7-8-12-24)22-13-16(2)15-27-18-10-6-5-9-17(18)26-3/h5-6,9-10,16H,4,7-8,11-15H2,1-3H3,(H2,21,22,23). The summed E-state index contributed by atoms with van der Waals surface area (Å²) in [6.07, 6.45) is 2.21. The van der Waals surface area contributed by atoms with Crippen LogP contribution in [-0.4, -0.2) is 62.4 Å². The minimum Gasteiger partial charge on any atom is -0.496 e. The van der Waals surface area contributed by atoms with Gasteiger partial charge in [0.05, 0.1) is 7.11 Å². The van der Waals surface area contributed by atoms with Crippen LogP contribution in [0, 0.1) is 5.92 Å². The lowest BCUT2D eigenvalue weighted by Gasteiger charge is -2.17. The molecule has 1 amide bonds. The average Bonchev–Trinajstić information content (AvgIpc) is 3.23. The third-order valence-corrected chi connectivity index (χ3v) is 5.77. The van der Waals surface area contributed by atoms with Crippen LogP contribution in [0.25, 0.3) is 0 Å². The number of carbonyl (C=O) groups is 1. The highest BCUT2D eigenvalue weighted by Crippen LogP contribution is 2.29. The normalized spacial score (nSPS) is 15.5. The zero-order valence-corrected chi connectivity index (χ0v) is 17.5. The first-order chi connectivity index (χ1) is 13.1. The van der Waals surface area contributed by atoms with Gasteiger partial charge in [0.15, 0.2) is 5.96 Å². The molecule has 1 atom stereocenters. The van der Waals surface area contributed by atoms with Gasteiger partial charge in [0.1, 0.15) is 12.3 Å². The Labute approximate surface area is 167 Å². The second kappa shape index (κ2) is 11.7. The number of rotatable bonds is 9. The molecule has 150 valence electrons. The van der Waals surface area contributed by atoms with Crippen LogP contribution < -0.4 is 15.4 Å². The predicted molar refractivity (Wildman–Crippen MR) is 113 cm³/mol. The van der Waals surface area contributed by atoms with Gasteiger partial charge in [-0.3, -0.25) is 4.79 Å². The van der Waals surface area contributed by atoms with Gasteiger partial charge in [0.2, 0.25) is 5.91 Å². The number of likely N-dealkylation sites (tertiary alicyclic amines) is 1. The number of nitrogens with one attached hydrogen (secondary N) is 2. The van der Waals surface area contributed by atoms with Crippen LogP contribution in [0.3, 0.4) is 0 Å². The lowest BCUT2D eigenvalue weighted by molar-refractivity contribution is -0.128. The fraction of sp³-hybridized carbons (Fsp3) is 0.600. The van der Waals surface area contributed by atoms with Crippen molar-refractivity contribution in [3.05, 3.63) is 24.3 Å². The first-order valence-electron chi connectivity index (χ1n) is 9.69. The monoisotopic (exact) mass is 392 g/mol. The molecule has 0 spiro atoms. The van der Waals surface area contributed by atoms with Gasteiger partial charge in [0.25, 0.3) is 0 Å². The highest BCUT2D eigenvalue weighted by Gasteiger charge is 2.17. The van der Waals surface area contributed by atoms with Crippen molar-refractivity contribution in [2.75, 3.05) is 45.6 Å². The fourth-order valence-electron chi connectivity index (χ4n) is 2.85. The molecule has 0 aromatic heterocycles. The van der Waals surface area contributed by atoms with Crippen LogP contribution in [0.15, 0.2) is 34.2 Å². The Kier molecular flexibility index (Phi) is 9.31. The number of hydrogen-bond donors (Lipinski definition) is 2. The quantitative estimate of drug-likeness (QED) is 0.384. The number of methoxy groups -OCH3 is 1. The summed E-state index contributed by atoms with van der Waals surface area (Å²) in [5, 5.41) is 6.57. The van der Waals surface area contributed by atoms with E-state index in [1.54, 1.807) is 18.9 Å². The highest BCUT2D eigenvalue weighted by atomic mass is 32.2. The Morgan fingerprint density at radius 3 is 2.74 bits per heavy atom. The van der Waals surface area contributed by atoms with E-state index >= 15 is 0 Å². The lowest BCUT2D eigenvalue weighted by atomic mass is 10.2. The number of amides is 1. The number of benzene rings is 1. The van der Waals surface area contributed by atoms with E-state index in [0.717, 1.165) is 55.4 Å². The van der Waals surface area contributed by atoms with E-state index in [-0.39, 0.29) is 12.5 Å². The van der Waals surface area contributed by atoms with Crippen LogP contribution in [0.4, 0.5) is 0 Å². The summed E-state index contributed by atoms with van der Waals surface area (Å²) in [7, 11) is 1.70. The minimum absolute atomic E-state index is 0.115. The molecule has 1 fully saturated rings. The molecule has 1 aromatic carbocycles. The topological polar surface area (TPSA) is 66.0 Å². The SMILES string of the molecule is CCNC(=NCC(=O)N1CCCC1)NCC(C)CSc1ccccc1OC. The van der Waals surface area contributed by atoms with Crippen molar-refractivity contribution < 1.29 is 9.53 Å². The molecule has 6 nitrogen and oxygen atoms in total. The van der Waals surface area contributed by atoms with Crippen molar-refractivity contribution in [2.45, 2.75) is 31.6 Å². The van der Waals surface area contributed by atoms with Crippen molar-refractivity contribution in [3.8, 4) is 5.75 Å². The van der Waals surface area contributed by atoms with E-state index in [0.29, 0.717) is 11.9 Å². The number of nitrogens with zero attached hydrogens (tertiary/aromatic N) is 2. The number of aliphatic imine (C=N–C) groups is 1. The van der Waals surface area contributed by atoms with Gasteiger partial charge in [-0.2, -0.15) is 0 Å². The van der Waals surface area contributed by atoms with Crippen molar-refractivity contribution >= 4 is 23.6 Å². The summed E-state index contributed by atoms with van der Waals surface area (Å²) in [5.41, 5.74) is 0. The number of hydrogen-bond acceptors (Lipinski definition) is 4. The van der Waals surface area contributed by atoms with E-state index in [1.165, 1.54) is 0 Å². The molecule has 7 heteroatoms. The first kappa shape index (κ1) is 21.4. The van der Waals surface area contributed by atoms with E-state index in [9.17, 15) is 4.79 Å². The molecule has 1 saturated heterocycles. The Morgan fingerprint density at radius 2 is 2.04 bits per heavy atom. The summed E-state index contributed by atoms with van der Waals surface area (Å²) in [6, 6.07) is 8.08. The van der Waals surface area contributed by atoms with Crippen molar-refractivity contribution in [3.63, 3.8) is 0 Å². The van der Waals surface area contributed by atoms with Gasteiger partial charge in [0, 0.05) is 36.8 Å². The molecule has 2 rings (SSSR count). The summed E-state index contributed by atoms with van der Waals surface area (Å²) in [4.78, 5) is 19.7. The van der Waals surface area contributed by atoms with E-state index in [1.807, 2.05) is 30.0 Å². The van der Waals surface area contributed by atoms with Gasteiger partial charge in [-0.05, 0) is 37.8 Å². The first-order valence-corrected chi connectivity index (χ1v) is 10.7. The molecule has 1 heterocycles. The molecule has 1 aliphatic heterocycles. The number of para-hydroxylation sites is 1. The van der Waals surface area contributed by atoms with Crippen LogP contribution in [-0.2, 0) is 4.79 Å². The minimum atomic E-state index is 0.115. The molecule has 0 bridgehead atoms. The van der Waals surface area contributed by atoms with Crippen molar-refractivity contribution in [2.24, 2.45) is 10.9 Å². The van der Waals surface area contributed by atoms with Gasteiger partial charge in [-0.15, -0.1) is 11.8 Å². The van der Waals surface area contributed by atoms with E-state index in [2.05, 4.69) is 28.6 Å². The molecule has 1 aliphatic rings. The average molecular weight is 393 g/mol. The Balaban J connectivity index is 1.78. The molecule has 1 aromatic rings. The van der Waals surface area contributed by atoms with Crippen LogP contribution >= 0.6 is 11.8 Å². The van der Waals surface area contributed by atoms with Crippen molar-refractivity contribution in [1.82, 2.24) is 15.5 Å². The summed E-state index contributed by atoms with van der Waals surface area (Å²) in [6.45, 7) is 7.75. The molecular weight excluding hydrogens is 360 g/mol. The second-order valence-corrected chi connectivity index (χ2v) is 7.79. The molecule has 2 N–H and O–H groups in total. The second-order valence-electron chi connectivity index (χ2n) is 6.73. The molecule has 0 aliphatic carbocycles. The maximum absolute atomic E-state index is 12.2. The lowest BCUT2D eigenvalue weighted by Crippen LogP contribution is -2.41. The van der Waals surface area contributed by atoms with E-state index in [4.69, 9.17) is 4.74 Å². The van der Waals surface area contributed by atoms with Crippen molar-refractivity contribution in [1.29, 1.82) is 0 Å². The molecular formula is C20H32N4O2S. The Bertz CT molecular complexity index is 618. The number of carbonyl (C=O) groups excluding carboxylic acids is 1. The zero-order chi connectivity index (χ0) is 19.5. The number of ether oxygens (including phenoxy) is 1. The third kappa shape index (κ3) is 7.33. The molecule has 0 saturated carbocycles. The van der Waals surface area contributed by atoms with Crippen LogP contribution in [0.1, 0.15) is 26.7 Å². The fourth-order valence-corrected chi connectivity index (χ4v) is 3.91. The highest BCUT2D eigenvalue weighted by molar-refractivity contribution is 7.99. The van der Waals surface area contributed by atoms with Crippen LogP contribution in [0.5, 0.6) is 5.75 Å². The summed E-state index contributed by atoms with van der Waals surface area (Å²) < 4.78 is 5.40. The zero-order valence-electron chi connectivity index (χ0n) is 16.7. The Hall–Kier alpha value is -1.89. The summed E-state index contributed by atoms with van der Waals surface area (Å²) in [5.74, 6) is 3.15. The van der Waals surface area contributed by atoms with Gasteiger partial charge in [-0.25, -0.2) is 4.99 Å². The maximum atomic E-state index is 12.2. The maximum Gasteiger partial charge on any atom is 0.244 e. The predicted octanol–water partition coefficient (Wildman–Crippen LogP) is 2.60. The van der Waals surface area contributed by atoms with Gasteiger partial charge < -0.3 is 20.3 Å². The van der Waals surface area contributed by atoms with Gasteiger partial charge >= 0.3 is 0 Å². The van der Waals surface area contributed by atoms with Crippen LogP contribution in [0.2, 0.25) is 0 Å².